The van der Waals surface area contributed by atoms with Crippen LogP contribution in [0.1, 0.15) is 18.9 Å². The van der Waals surface area contributed by atoms with E-state index < -0.39 is 23.2 Å². The summed E-state index contributed by atoms with van der Waals surface area (Å²) in [5.41, 5.74) is -1.63. The topological polar surface area (TPSA) is 78.4 Å². The van der Waals surface area contributed by atoms with Crippen molar-refractivity contribution in [2.45, 2.75) is 31.5 Å². The fourth-order valence-electron chi connectivity index (χ4n) is 2.17. The maximum Gasteiger partial charge on any atom is 0.262 e. The smallest absolute Gasteiger partial charge is 0.262 e. The number of carbonyl (C=O) groups is 2. The summed E-state index contributed by atoms with van der Waals surface area (Å²) < 4.78 is 13.1. The maximum absolute atomic E-state index is 13.1. The van der Waals surface area contributed by atoms with Gasteiger partial charge >= 0.3 is 0 Å². The summed E-state index contributed by atoms with van der Waals surface area (Å²) in [5.74, 6) is -2.05. The molecule has 1 aliphatic rings. The molecule has 1 heterocycles. The first-order valence-electron chi connectivity index (χ1n) is 6.08. The number of amides is 2. The standard InChI is InChI=1S/C13H14ClFN2O3/c1-7-5-13(20,12(19)17-7)11(18)16-6-8-2-9(14)4-10(15)3-8/h2-4,7,20H,5-6H2,1H3,(H,16,18)(H,17,19). The average Bonchev–Trinajstić information content (AvgIpc) is 2.60. The van der Waals surface area contributed by atoms with Crippen molar-refractivity contribution in [1.29, 1.82) is 0 Å². The summed E-state index contributed by atoms with van der Waals surface area (Å²) in [6.07, 6.45) is 0.00156. The molecule has 1 aromatic carbocycles. The first-order valence-corrected chi connectivity index (χ1v) is 6.45. The molecule has 2 atom stereocenters. The fraction of sp³-hybridized carbons (Fsp3) is 0.385. The number of rotatable bonds is 3. The van der Waals surface area contributed by atoms with E-state index in [1.807, 2.05) is 0 Å². The molecule has 108 valence electrons. The van der Waals surface area contributed by atoms with Gasteiger partial charge < -0.3 is 15.7 Å². The van der Waals surface area contributed by atoms with E-state index in [1.165, 1.54) is 12.1 Å². The third kappa shape index (κ3) is 2.91. The Morgan fingerprint density at radius 2 is 2.30 bits per heavy atom. The van der Waals surface area contributed by atoms with E-state index in [4.69, 9.17) is 11.6 Å². The molecule has 2 rings (SSSR count). The Balaban J connectivity index is 2.04. The second-order valence-electron chi connectivity index (χ2n) is 4.90. The van der Waals surface area contributed by atoms with Crippen LogP contribution in [0.2, 0.25) is 5.02 Å². The highest BCUT2D eigenvalue weighted by molar-refractivity contribution is 6.30. The van der Waals surface area contributed by atoms with Gasteiger partial charge in [-0.2, -0.15) is 0 Å². The number of nitrogens with one attached hydrogen (secondary N) is 2. The van der Waals surface area contributed by atoms with Gasteiger partial charge in [-0.05, 0) is 30.7 Å². The molecule has 0 radical (unpaired) electrons. The van der Waals surface area contributed by atoms with Crippen LogP contribution < -0.4 is 10.6 Å². The molecule has 3 N–H and O–H groups in total. The third-order valence-corrected chi connectivity index (χ3v) is 3.32. The second kappa shape index (κ2) is 5.38. The van der Waals surface area contributed by atoms with Crippen LogP contribution in [0.5, 0.6) is 0 Å². The van der Waals surface area contributed by atoms with Crippen molar-refractivity contribution in [2.24, 2.45) is 0 Å². The zero-order chi connectivity index (χ0) is 14.9. The predicted molar refractivity (Wildman–Crippen MR) is 70.4 cm³/mol. The molecule has 0 aromatic heterocycles. The Morgan fingerprint density at radius 3 is 2.85 bits per heavy atom. The van der Waals surface area contributed by atoms with Crippen LogP contribution in [0, 0.1) is 5.82 Å². The highest BCUT2D eigenvalue weighted by Crippen LogP contribution is 2.21. The van der Waals surface area contributed by atoms with E-state index in [0.29, 0.717) is 5.56 Å². The Bertz CT molecular complexity index is 546. The molecule has 7 heteroatoms. The lowest BCUT2D eigenvalue weighted by Crippen LogP contribution is -2.51. The monoisotopic (exact) mass is 300 g/mol. The van der Waals surface area contributed by atoms with E-state index in [0.717, 1.165) is 6.07 Å². The van der Waals surface area contributed by atoms with E-state index in [1.54, 1.807) is 6.92 Å². The fourth-order valence-corrected chi connectivity index (χ4v) is 2.41. The van der Waals surface area contributed by atoms with Crippen molar-refractivity contribution in [2.75, 3.05) is 0 Å². The van der Waals surface area contributed by atoms with E-state index in [9.17, 15) is 19.1 Å². The molecule has 20 heavy (non-hydrogen) atoms. The summed E-state index contributed by atoms with van der Waals surface area (Å²) in [6, 6.07) is 3.58. The van der Waals surface area contributed by atoms with Crippen LogP contribution in [0.3, 0.4) is 0 Å². The molecule has 1 saturated heterocycles. The van der Waals surface area contributed by atoms with Gasteiger partial charge in [-0.15, -0.1) is 0 Å². The number of hydrogen-bond acceptors (Lipinski definition) is 3. The van der Waals surface area contributed by atoms with Gasteiger partial charge in [-0.3, -0.25) is 9.59 Å². The summed E-state index contributed by atoms with van der Waals surface area (Å²) in [4.78, 5) is 23.5. The van der Waals surface area contributed by atoms with Gasteiger partial charge in [0.1, 0.15) is 5.82 Å². The summed E-state index contributed by atoms with van der Waals surface area (Å²) >= 11 is 5.70. The zero-order valence-electron chi connectivity index (χ0n) is 10.7. The lowest BCUT2D eigenvalue weighted by Gasteiger charge is -2.18. The number of halogens is 2. The molecule has 1 aromatic rings. The minimum absolute atomic E-state index is 0.00156. The normalized spacial score (nSPS) is 25.4. The van der Waals surface area contributed by atoms with Crippen LogP contribution in [-0.4, -0.2) is 28.6 Å². The first kappa shape index (κ1) is 14.7. The third-order valence-electron chi connectivity index (χ3n) is 3.11. The van der Waals surface area contributed by atoms with Gasteiger partial charge in [0.25, 0.3) is 11.8 Å². The molecule has 1 aliphatic heterocycles. The molecular formula is C13H14ClFN2O3. The zero-order valence-corrected chi connectivity index (χ0v) is 11.5. The molecule has 0 bridgehead atoms. The van der Waals surface area contributed by atoms with Gasteiger partial charge in [0.15, 0.2) is 0 Å². The van der Waals surface area contributed by atoms with Gasteiger partial charge in [0, 0.05) is 24.0 Å². The van der Waals surface area contributed by atoms with Crippen molar-refractivity contribution in [3.05, 3.63) is 34.6 Å². The molecule has 1 fully saturated rings. The van der Waals surface area contributed by atoms with Crippen molar-refractivity contribution in [1.82, 2.24) is 10.6 Å². The van der Waals surface area contributed by atoms with E-state index in [-0.39, 0.29) is 24.0 Å². The Morgan fingerprint density at radius 1 is 1.60 bits per heavy atom. The number of carbonyl (C=O) groups excluding carboxylic acids is 2. The van der Waals surface area contributed by atoms with Crippen LogP contribution in [0.15, 0.2) is 18.2 Å². The SMILES string of the molecule is CC1CC(O)(C(=O)NCc2cc(F)cc(Cl)c2)C(=O)N1. The maximum atomic E-state index is 13.1. The minimum Gasteiger partial charge on any atom is -0.372 e. The molecule has 0 aliphatic carbocycles. The average molecular weight is 301 g/mol. The van der Waals surface area contributed by atoms with Gasteiger partial charge in [0.05, 0.1) is 0 Å². The van der Waals surface area contributed by atoms with E-state index in [2.05, 4.69) is 10.6 Å². The minimum atomic E-state index is -2.07. The predicted octanol–water partition coefficient (Wildman–Crippen LogP) is 0.735. The van der Waals surface area contributed by atoms with Crippen LogP contribution in [0.25, 0.3) is 0 Å². The number of benzene rings is 1. The first-order chi connectivity index (χ1) is 9.31. The van der Waals surface area contributed by atoms with Gasteiger partial charge in [-0.1, -0.05) is 11.6 Å². The second-order valence-corrected chi connectivity index (χ2v) is 5.34. The highest BCUT2D eigenvalue weighted by Gasteiger charge is 2.50. The Kier molecular flexibility index (Phi) is 3.96. The Hall–Kier alpha value is -1.66. The van der Waals surface area contributed by atoms with Crippen molar-refractivity contribution >= 4 is 23.4 Å². The van der Waals surface area contributed by atoms with Crippen LogP contribution in [0.4, 0.5) is 4.39 Å². The van der Waals surface area contributed by atoms with Gasteiger partial charge in [-0.25, -0.2) is 4.39 Å². The summed E-state index contributed by atoms with van der Waals surface area (Å²) in [5, 5.41) is 15.2. The molecule has 2 amide bonds. The molecule has 0 spiro atoms. The largest absolute Gasteiger partial charge is 0.372 e. The van der Waals surface area contributed by atoms with Gasteiger partial charge in [0.2, 0.25) is 5.60 Å². The van der Waals surface area contributed by atoms with Crippen LogP contribution in [-0.2, 0) is 16.1 Å². The van der Waals surface area contributed by atoms with Crippen molar-refractivity contribution in [3.8, 4) is 0 Å². The number of hydrogen-bond donors (Lipinski definition) is 3. The Labute approximate surface area is 120 Å². The van der Waals surface area contributed by atoms with E-state index >= 15 is 0 Å². The van der Waals surface area contributed by atoms with Crippen molar-refractivity contribution in [3.63, 3.8) is 0 Å². The quantitative estimate of drug-likeness (QED) is 0.720. The lowest BCUT2D eigenvalue weighted by atomic mass is 9.99. The lowest BCUT2D eigenvalue weighted by molar-refractivity contribution is -0.150. The summed E-state index contributed by atoms with van der Waals surface area (Å²) in [7, 11) is 0. The van der Waals surface area contributed by atoms with Crippen LogP contribution >= 0.6 is 11.6 Å². The number of aliphatic hydroxyl groups is 1. The highest BCUT2D eigenvalue weighted by atomic mass is 35.5. The molecule has 2 unspecified atom stereocenters. The van der Waals surface area contributed by atoms with Crippen molar-refractivity contribution < 1.29 is 19.1 Å². The summed E-state index contributed by atoms with van der Waals surface area (Å²) in [6.45, 7) is 1.66. The molecule has 5 nitrogen and oxygen atoms in total. The molecular weight excluding hydrogens is 287 g/mol. The molecule has 0 saturated carbocycles.